The Morgan fingerprint density at radius 1 is 1.33 bits per heavy atom. The molecule has 4 atom stereocenters. The Bertz CT molecular complexity index is 460. The maximum absolute atomic E-state index is 5.89. The molecule has 3 rings (SSSR count). The minimum atomic E-state index is 0.226. The van der Waals surface area contributed by atoms with Crippen molar-refractivity contribution in [2.75, 3.05) is 20.3 Å². The van der Waals surface area contributed by atoms with Crippen LogP contribution in [0.2, 0.25) is 0 Å². The SMILES string of the molecule is COCC(Cc1ccccc1)NC1C2CCOC2C1(C)C. The van der Waals surface area contributed by atoms with E-state index in [1.165, 1.54) is 12.0 Å². The number of methoxy groups -OCH3 is 1. The van der Waals surface area contributed by atoms with Crippen LogP contribution < -0.4 is 5.32 Å². The summed E-state index contributed by atoms with van der Waals surface area (Å²) in [5, 5.41) is 3.86. The first kappa shape index (κ1) is 15.0. The number of ether oxygens (including phenoxy) is 2. The Kier molecular flexibility index (Phi) is 4.34. The number of fused-ring (bicyclic) bond motifs is 1. The first-order valence-electron chi connectivity index (χ1n) is 8.03. The minimum Gasteiger partial charge on any atom is -0.383 e. The molecule has 21 heavy (non-hydrogen) atoms. The largest absolute Gasteiger partial charge is 0.383 e. The van der Waals surface area contributed by atoms with E-state index in [9.17, 15) is 0 Å². The van der Waals surface area contributed by atoms with Crippen LogP contribution in [0, 0.1) is 11.3 Å². The molecule has 4 unspecified atom stereocenters. The van der Waals surface area contributed by atoms with Crippen LogP contribution in [0.3, 0.4) is 0 Å². The van der Waals surface area contributed by atoms with Gasteiger partial charge in [-0.15, -0.1) is 0 Å². The predicted octanol–water partition coefficient (Wildman–Crippen LogP) is 2.65. The van der Waals surface area contributed by atoms with Gasteiger partial charge in [-0.3, -0.25) is 0 Å². The van der Waals surface area contributed by atoms with E-state index in [4.69, 9.17) is 9.47 Å². The molecule has 1 heterocycles. The van der Waals surface area contributed by atoms with Crippen LogP contribution in [0.1, 0.15) is 25.8 Å². The zero-order valence-electron chi connectivity index (χ0n) is 13.3. The molecular formula is C18H27NO2. The quantitative estimate of drug-likeness (QED) is 0.873. The first-order chi connectivity index (χ1) is 10.1. The zero-order chi connectivity index (χ0) is 14.9. The van der Waals surface area contributed by atoms with E-state index in [1.54, 1.807) is 7.11 Å². The lowest BCUT2D eigenvalue weighted by molar-refractivity contribution is -0.117. The Labute approximate surface area is 128 Å². The summed E-state index contributed by atoms with van der Waals surface area (Å²) in [6.07, 6.45) is 2.64. The molecule has 0 radical (unpaired) electrons. The lowest BCUT2D eigenvalue weighted by Gasteiger charge is -2.55. The third kappa shape index (κ3) is 2.87. The minimum absolute atomic E-state index is 0.226. The molecule has 1 aliphatic heterocycles. The van der Waals surface area contributed by atoms with Gasteiger partial charge < -0.3 is 14.8 Å². The second-order valence-corrected chi connectivity index (χ2v) is 7.05. The van der Waals surface area contributed by atoms with Gasteiger partial charge in [-0.25, -0.2) is 0 Å². The summed E-state index contributed by atoms with van der Waals surface area (Å²) in [6.45, 7) is 6.32. The van der Waals surface area contributed by atoms with Gasteiger partial charge in [0, 0.05) is 37.1 Å². The third-order valence-electron chi connectivity index (χ3n) is 5.21. The van der Waals surface area contributed by atoms with Gasteiger partial charge in [0.05, 0.1) is 12.7 Å². The number of benzene rings is 1. The fraction of sp³-hybridized carbons (Fsp3) is 0.667. The normalized spacial score (nSPS) is 31.5. The molecule has 0 bridgehead atoms. The van der Waals surface area contributed by atoms with Gasteiger partial charge in [-0.05, 0) is 18.4 Å². The fourth-order valence-corrected chi connectivity index (χ4v) is 4.18. The van der Waals surface area contributed by atoms with Crippen molar-refractivity contribution in [3.63, 3.8) is 0 Å². The number of nitrogens with one attached hydrogen (secondary N) is 1. The molecule has 2 fully saturated rings. The highest BCUT2D eigenvalue weighted by Crippen LogP contribution is 2.52. The summed E-state index contributed by atoms with van der Waals surface area (Å²) in [5.41, 5.74) is 1.59. The summed E-state index contributed by atoms with van der Waals surface area (Å²) >= 11 is 0. The molecule has 1 N–H and O–H groups in total. The summed E-state index contributed by atoms with van der Waals surface area (Å²) in [6, 6.07) is 11.6. The van der Waals surface area contributed by atoms with Crippen LogP contribution in [0.4, 0.5) is 0 Å². The average Bonchev–Trinajstić information content (AvgIpc) is 2.93. The van der Waals surface area contributed by atoms with Gasteiger partial charge in [0.2, 0.25) is 0 Å². The molecule has 1 aromatic rings. The molecule has 3 heteroatoms. The summed E-state index contributed by atoms with van der Waals surface area (Å²) < 4.78 is 11.3. The van der Waals surface area contributed by atoms with Gasteiger partial charge in [-0.1, -0.05) is 44.2 Å². The lowest BCUT2D eigenvalue weighted by atomic mass is 9.57. The van der Waals surface area contributed by atoms with E-state index in [2.05, 4.69) is 49.5 Å². The molecular weight excluding hydrogens is 262 g/mol. The van der Waals surface area contributed by atoms with Crippen LogP contribution in [0.25, 0.3) is 0 Å². The molecule has 116 valence electrons. The van der Waals surface area contributed by atoms with Gasteiger partial charge in [0.25, 0.3) is 0 Å². The van der Waals surface area contributed by atoms with E-state index < -0.39 is 0 Å². The Morgan fingerprint density at radius 2 is 2.10 bits per heavy atom. The van der Waals surface area contributed by atoms with Crippen molar-refractivity contribution in [2.45, 2.75) is 44.9 Å². The number of hydrogen-bond acceptors (Lipinski definition) is 3. The summed E-state index contributed by atoms with van der Waals surface area (Å²) in [7, 11) is 1.78. The highest BCUT2D eigenvalue weighted by molar-refractivity contribution is 5.17. The van der Waals surface area contributed by atoms with Gasteiger partial charge in [0.15, 0.2) is 0 Å². The van der Waals surface area contributed by atoms with Crippen molar-refractivity contribution in [1.29, 1.82) is 0 Å². The molecule has 0 spiro atoms. The standard InChI is InChI=1S/C18H27NO2/c1-18(2)16(15-9-10-21-17(15)18)19-14(12-20-3)11-13-7-5-4-6-8-13/h4-8,14-17,19H,9-12H2,1-3H3. The highest BCUT2D eigenvalue weighted by Gasteiger charge is 2.59. The summed E-state index contributed by atoms with van der Waals surface area (Å²) in [4.78, 5) is 0. The molecule has 1 aromatic carbocycles. The smallest absolute Gasteiger partial charge is 0.0685 e. The monoisotopic (exact) mass is 289 g/mol. The molecule has 2 aliphatic rings. The van der Waals surface area contributed by atoms with Crippen LogP contribution >= 0.6 is 0 Å². The van der Waals surface area contributed by atoms with E-state index in [1.807, 2.05) is 0 Å². The molecule has 1 saturated heterocycles. The van der Waals surface area contributed by atoms with E-state index in [-0.39, 0.29) is 5.41 Å². The topological polar surface area (TPSA) is 30.5 Å². The van der Waals surface area contributed by atoms with Crippen molar-refractivity contribution in [3.05, 3.63) is 35.9 Å². The zero-order valence-corrected chi connectivity index (χ0v) is 13.3. The van der Waals surface area contributed by atoms with Gasteiger partial charge >= 0.3 is 0 Å². The van der Waals surface area contributed by atoms with Crippen molar-refractivity contribution in [2.24, 2.45) is 11.3 Å². The van der Waals surface area contributed by atoms with E-state index in [0.29, 0.717) is 24.1 Å². The maximum atomic E-state index is 5.89. The lowest BCUT2D eigenvalue weighted by Crippen LogP contribution is -2.67. The van der Waals surface area contributed by atoms with Gasteiger partial charge in [-0.2, -0.15) is 0 Å². The molecule has 1 aliphatic carbocycles. The number of rotatable bonds is 6. The first-order valence-corrected chi connectivity index (χ1v) is 8.03. The Balaban J connectivity index is 1.65. The van der Waals surface area contributed by atoms with E-state index >= 15 is 0 Å². The fourth-order valence-electron chi connectivity index (χ4n) is 4.18. The Morgan fingerprint density at radius 3 is 2.81 bits per heavy atom. The van der Waals surface area contributed by atoms with E-state index in [0.717, 1.165) is 19.6 Å². The molecule has 0 amide bonds. The molecule has 3 nitrogen and oxygen atoms in total. The van der Waals surface area contributed by atoms with Crippen LogP contribution in [-0.2, 0) is 15.9 Å². The average molecular weight is 289 g/mol. The predicted molar refractivity (Wildman–Crippen MR) is 84.4 cm³/mol. The van der Waals surface area contributed by atoms with Gasteiger partial charge in [0.1, 0.15) is 0 Å². The van der Waals surface area contributed by atoms with Crippen molar-refractivity contribution in [1.82, 2.24) is 5.32 Å². The molecule has 0 aromatic heterocycles. The Hall–Kier alpha value is -0.900. The molecule has 1 saturated carbocycles. The van der Waals surface area contributed by atoms with Crippen molar-refractivity contribution >= 4 is 0 Å². The summed E-state index contributed by atoms with van der Waals surface area (Å²) in [5.74, 6) is 0.676. The van der Waals surface area contributed by atoms with Crippen LogP contribution in [0.5, 0.6) is 0 Å². The van der Waals surface area contributed by atoms with Crippen molar-refractivity contribution in [3.8, 4) is 0 Å². The second kappa shape index (κ2) is 6.07. The third-order valence-corrected chi connectivity index (χ3v) is 5.21. The van der Waals surface area contributed by atoms with Crippen LogP contribution in [-0.4, -0.2) is 38.5 Å². The second-order valence-electron chi connectivity index (χ2n) is 7.05. The number of hydrogen-bond donors (Lipinski definition) is 1. The van der Waals surface area contributed by atoms with Crippen molar-refractivity contribution < 1.29 is 9.47 Å². The maximum Gasteiger partial charge on any atom is 0.0685 e. The van der Waals surface area contributed by atoms with Crippen LogP contribution in [0.15, 0.2) is 30.3 Å². The highest BCUT2D eigenvalue weighted by atomic mass is 16.5.